The van der Waals surface area contributed by atoms with Crippen LogP contribution in [0.25, 0.3) is 16.9 Å². The number of rotatable bonds is 23. The highest BCUT2D eigenvalue weighted by molar-refractivity contribution is 7.89. The van der Waals surface area contributed by atoms with E-state index in [2.05, 4.69) is 15.6 Å². The fourth-order valence-corrected chi connectivity index (χ4v) is 9.63. The van der Waals surface area contributed by atoms with Crippen molar-refractivity contribution in [2.45, 2.75) is 114 Å². The van der Waals surface area contributed by atoms with E-state index in [9.17, 15) is 42.3 Å². The number of amides is 5. The largest absolute Gasteiger partial charge is 0.480 e. The number of hydrogen-bond donors (Lipinski definition) is 5. The van der Waals surface area contributed by atoms with Crippen LogP contribution in [0.4, 0.5) is 0 Å². The summed E-state index contributed by atoms with van der Waals surface area (Å²) in [6, 6.07) is 8.12. The molecule has 1 aliphatic heterocycles. The summed E-state index contributed by atoms with van der Waals surface area (Å²) >= 11 is 0. The van der Waals surface area contributed by atoms with Crippen LogP contribution in [0.1, 0.15) is 79.1 Å². The van der Waals surface area contributed by atoms with E-state index in [0.717, 1.165) is 5.69 Å². The number of carboxylic acids is 1. The van der Waals surface area contributed by atoms with Gasteiger partial charge in [0.25, 0.3) is 0 Å². The number of likely N-dealkylation sites (tertiary alicyclic amines) is 1. The molecule has 5 amide bonds. The SMILES string of the molecule is CC[C@H](C)[C@@H](C(=O)N1CCC[C@H]1CC(N)=O)N(C)C(=O)[C@H](CC(C)C)NC(=O)[C@H](CCN)N([C@H](CCC(N)=O)C(=O)O)S(=O)(=O)c1ccc(-c2cn(-c3ccccc3)nn2)cc1. The van der Waals surface area contributed by atoms with Crippen molar-refractivity contribution >= 4 is 45.5 Å². The number of carbonyl (C=O) groups is 6. The van der Waals surface area contributed by atoms with Gasteiger partial charge in [-0.05, 0) is 74.8 Å². The summed E-state index contributed by atoms with van der Waals surface area (Å²) in [5.41, 5.74) is 18.5. The van der Waals surface area contributed by atoms with Gasteiger partial charge < -0.3 is 37.4 Å². The Balaban J connectivity index is 1.72. The zero-order valence-electron chi connectivity index (χ0n) is 35.9. The van der Waals surface area contributed by atoms with Crippen molar-refractivity contribution in [2.24, 2.45) is 29.0 Å². The molecule has 0 bridgehead atoms. The summed E-state index contributed by atoms with van der Waals surface area (Å²) in [5, 5.41) is 21.5. The molecule has 2 aromatic carbocycles. The van der Waals surface area contributed by atoms with Gasteiger partial charge in [0.15, 0.2) is 0 Å². The van der Waals surface area contributed by atoms with Crippen LogP contribution in [0.3, 0.4) is 0 Å². The number of nitrogens with one attached hydrogen (secondary N) is 1. The van der Waals surface area contributed by atoms with Gasteiger partial charge in [-0.2, -0.15) is 4.31 Å². The zero-order chi connectivity index (χ0) is 45.9. The van der Waals surface area contributed by atoms with Crippen molar-refractivity contribution in [3.05, 3.63) is 60.8 Å². The van der Waals surface area contributed by atoms with Crippen molar-refractivity contribution in [1.82, 2.24) is 34.4 Å². The molecule has 62 heavy (non-hydrogen) atoms. The minimum Gasteiger partial charge on any atom is -0.480 e. The van der Waals surface area contributed by atoms with Crippen molar-refractivity contribution in [3.8, 4) is 16.9 Å². The van der Waals surface area contributed by atoms with E-state index < -0.39 is 82.7 Å². The van der Waals surface area contributed by atoms with E-state index in [1.807, 2.05) is 58.0 Å². The smallest absolute Gasteiger partial charge is 0.322 e. The van der Waals surface area contributed by atoms with E-state index >= 15 is 0 Å². The lowest BCUT2D eigenvalue weighted by atomic mass is 9.94. The van der Waals surface area contributed by atoms with Gasteiger partial charge in [0, 0.05) is 38.0 Å². The number of hydrogen-bond acceptors (Lipinski definition) is 11. The number of carboxylic acid groups (broad SMARTS) is 1. The first kappa shape index (κ1) is 48.9. The van der Waals surface area contributed by atoms with Crippen LogP contribution < -0.4 is 22.5 Å². The second-order valence-corrected chi connectivity index (χ2v) is 18.0. The van der Waals surface area contributed by atoms with Crippen LogP contribution in [0, 0.1) is 11.8 Å². The molecular formula is C42H60N10O9S. The van der Waals surface area contributed by atoms with Gasteiger partial charge in [0.05, 0.1) is 16.8 Å². The lowest BCUT2D eigenvalue weighted by Gasteiger charge is -2.38. The molecule has 3 aromatic rings. The number of carbonyl (C=O) groups excluding carboxylic acids is 5. The minimum atomic E-state index is -4.89. The van der Waals surface area contributed by atoms with Crippen molar-refractivity contribution in [1.29, 1.82) is 0 Å². The van der Waals surface area contributed by atoms with Gasteiger partial charge in [-0.1, -0.05) is 69.7 Å². The van der Waals surface area contributed by atoms with Crippen LogP contribution >= 0.6 is 0 Å². The number of nitrogens with zero attached hydrogens (tertiary/aromatic N) is 6. The highest BCUT2D eigenvalue weighted by Gasteiger charge is 2.46. The quantitative estimate of drug-likeness (QED) is 0.0909. The Kier molecular flexibility index (Phi) is 17.3. The molecule has 20 heteroatoms. The van der Waals surface area contributed by atoms with E-state index in [0.29, 0.717) is 41.4 Å². The molecule has 19 nitrogen and oxygen atoms in total. The molecule has 8 N–H and O–H groups in total. The molecule has 0 radical (unpaired) electrons. The third-order valence-electron chi connectivity index (χ3n) is 11.2. The summed E-state index contributed by atoms with van der Waals surface area (Å²) in [7, 11) is -3.43. The lowest BCUT2D eigenvalue weighted by Crippen LogP contribution is -2.61. The average molecular weight is 881 g/mol. The molecule has 1 fully saturated rings. The van der Waals surface area contributed by atoms with Gasteiger partial charge in [-0.25, -0.2) is 13.1 Å². The Morgan fingerprint density at radius 3 is 2.18 bits per heavy atom. The molecule has 0 spiro atoms. The van der Waals surface area contributed by atoms with Gasteiger partial charge >= 0.3 is 5.97 Å². The summed E-state index contributed by atoms with van der Waals surface area (Å²) in [4.78, 5) is 82.5. The molecule has 1 aliphatic rings. The first-order chi connectivity index (χ1) is 29.3. The van der Waals surface area contributed by atoms with Crippen LogP contribution in [-0.4, -0.2) is 128 Å². The molecule has 0 saturated carbocycles. The number of sulfonamides is 1. The fraction of sp³-hybridized carbons (Fsp3) is 0.524. The lowest BCUT2D eigenvalue weighted by molar-refractivity contribution is -0.149. The number of likely N-dealkylation sites (N-methyl/N-ethyl adjacent to an activating group) is 1. The standard InChI is InChI=1S/C42H60N10O9S/c1-6-27(4)38(41(57)50-22-10-13-30(50)24-37(45)54)49(5)40(56)32(23-26(2)3)46-39(55)34(20-21-43)52(35(42(58)59)18-19-36(44)53)62(60,61)31-16-14-28(15-17-31)33-25-51(48-47-33)29-11-8-7-9-12-29/h7-9,11-12,14-17,25-27,30,32,34-35,38H,6,10,13,18-24,43H2,1-5H3,(H2,44,53)(H2,45,54)(H,46,55)(H,58,59)/t27-,30-,32-,34-,35+,38-/m0/s1. The summed E-state index contributed by atoms with van der Waals surface area (Å²) < 4.78 is 31.5. The highest BCUT2D eigenvalue weighted by atomic mass is 32.2. The number of primary amides is 2. The number of aromatic nitrogens is 3. The number of para-hydroxylation sites is 1. The van der Waals surface area contributed by atoms with Gasteiger partial charge in [-0.3, -0.25) is 28.8 Å². The molecule has 2 heterocycles. The molecular weight excluding hydrogens is 821 g/mol. The van der Waals surface area contributed by atoms with Crippen molar-refractivity contribution < 1.29 is 42.3 Å². The molecule has 338 valence electrons. The van der Waals surface area contributed by atoms with Crippen LogP contribution in [-0.2, 0) is 38.8 Å². The van der Waals surface area contributed by atoms with Gasteiger partial charge in [0.1, 0.15) is 29.9 Å². The highest BCUT2D eigenvalue weighted by Crippen LogP contribution is 2.29. The van der Waals surface area contributed by atoms with E-state index in [1.54, 1.807) is 15.8 Å². The van der Waals surface area contributed by atoms with Crippen LogP contribution in [0.15, 0.2) is 65.7 Å². The minimum absolute atomic E-state index is 0.0247. The molecule has 1 aromatic heterocycles. The third kappa shape index (κ3) is 12.0. The Morgan fingerprint density at radius 1 is 0.952 bits per heavy atom. The molecule has 0 aliphatic carbocycles. The number of aliphatic carboxylic acids is 1. The van der Waals surface area contributed by atoms with Gasteiger partial charge in [-0.15, -0.1) is 5.10 Å². The number of benzene rings is 2. The van der Waals surface area contributed by atoms with Crippen LogP contribution in [0.5, 0.6) is 0 Å². The van der Waals surface area contributed by atoms with Crippen molar-refractivity contribution in [3.63, 3.8) is 0 Å². The molecule has 1 saturated heterocycles. The van der Waals surface area contributed by atoms with E-state index in [4.69, 9.17) is 17.2 Å². The Morgan fingerprint density at radius 2 is 1.61 bits per heavy atom. The Labute approximate surface area is 362 Å². The first-order valence-electron chi connectivity index (χ1n) is 20.8. The van der Waals surface area contributed by atoms with Gasteiger partial charge in [0.2, 0.25) is 39.6 Å². The fourth-order valence-electron chi connectivity index (χ4n) is 7.84. The Bertz CT molecular complexity index is 2150. The number of nitrogens with two attached hydrogens (primary N) is 3. The van der Waals surface area contributed by atoms with E-state index in [-0.39, 0.29) is 48.4 Å². The average Bonchev–Trinajstić information content (AvgIpc) is 3.91. The Hall–Kier alpha value is -5.73. The van der Waals surface area contributed by atoms with Crippen LogP contribution in [0.2, 0.25) is 0 Å². The first-order valence-corrected chi connectivity index (χ1v) is 22.2. The van der Waals surface area contributed by atoms with E-state index in [1.165, 1.54) is 36.2 Å². The maximum absolute atomic E-state index is 14.7. The van der Waals surface area contributed by atoms with Crippen molar-refractivity contribution in [2.75, 3.05) is 20.1 Å². The summed E-state index contributed by atoms with van der Waals surface area (Å²) in [6.45, 7) is 7.41. The summed E-state index contributed by atoms with van der Waals surface area (Å²) in [6.07, 6.45) is 1.93. The topological polar surface area (TPSA) is 287 Å². The normalized spacial score (nSPS) is 16.6. The second-order valence-electron chi connectivity index (χ2n) is 16.2. The zero-order valence-corrected chi connectivity index (χ0v) is 36.7. The maximum Gasteiger partial charge on any atom is 0.322 e. The second kappa shape index (κ2) is 21.9. The third-order valence-corrected chi connectivity index (χ3v) is 13.1. The molecule has 6 atom stereocenters. The predicted octanol–water partition coefficient (Wildman–Crippen LogP) is 1.63. The summed E-state index contributed by atoms with van der Waals surface area (Å²) in [5.74, 6) is -5.67. The maximum atomic E-state index is 14.7. The predicted molar refractivity (Wildman–Crippen MR) is 229 cm³/mol. The molecule has 4 rings (SSSR count). The molecule has 0 unspecified atom stereocenters. The monoisotopic (exact) mass is 880 g/mol.